The van der Waals surface area contributed by atoms with Gasteiger partial charge < -0.3 is 18.8 Å². The molecule has 8 heteroatoms. The van der Waals surface area contributed by atoms with Gasteiger partial charge in [0.15, 0.2) is 0 Å². The van der Waals surface area contributed by atoms with Crippen molar-refractivity contribution in [3.63, 3.8) is 0 Å². The standard InChI is InChI=1S/C23H17ClN2O5/c1-30-23(29)21-9-7-16(31-21)13-26-12-15(17-4-2-3-5-20(17)26)11-25-19-10-14(22(27)28)6-8-18(19)24/h2-12H,13H2,1H3,(H,27,28). The molecular weight excluding hydrogens is 420 g/mol. The summed E-state index contributed by atoms with van der Waals surface area (Å²) in [6.45, 7) is 0.403. The third kappa shape index (κ3) is 4.22. The van der Waals surface area contributed by atoms with Crippen molar-refractivity contribution in [1.82, 2.24) is 4.57 Å². The van der Waals surface area contributed by atoms with E-state index in [1.807, 2.05) is 35.0 Å². The lowest BCUT2D eigenvalue weighted by Crippen LogP contribution is -1.99. The molecule has 0 aliphatic carbocycles. The number of carbonyl (C=O) groups is 2. The number of benzene rings is 2. The maximum atomic E-state index is 11.6. The van der Waals surface area contributed by atoms with Gasteiger partial charge in [0.1, 0.15) is 5.76 Å². The fourth-order valence-corrected chi connectivity index (χ4v) is 3.40. The summed E-state index contributed by atoms with van der Waals surface area (Å²) in [7, 11) is 1.30. The summed E-state index contributed by atoms with van der Waals surface area (Å²) >= 11 is 6.18. The van der Waals surface area contributed by atoms with Crippen LogP contribution in [0.4, 0.5) is 5.69 Å². The van der Waals surface area contributed by atoms with Crippen LogP contribution in [0.3, 0.4) is 0 Å². The Labute approximate surface area is 182 Å². The summed E-state index contributed by atoms with van der Waals surface area (Å²) in [6, 6.07) is 15.5. The summed E-state index contributed by atoms with van der Waals surface area (Å²) in [6.07, 6.45) is 3.55. The van der Waals surface area contributed by atoms with E-state index in [2.05, 4.69) is 9.73 Å². The van der Waals surface area contributed by atoms with Crippen LogP contribution in [0.1, 0.15) is 32.2 Å². The van der Waals surface area contributed by atoms with Crippen molar-refractivity contribution >= 4 is 46.3 Å². The summed E-state index contributed by atoms with van der Waals surface area (Å²) < 4.78 is 12.2. The Morgan fingerprint density at radius 3 is 2.77 bits per heavy atom. The molecule has 0 bridgehead atoms. The first-order valence-electron chi connectivity index (χ1n) is 9.28. The second kappa shape index (κ2) is 8.49. The average molecular weight is 437 g/mol. The van der Waals surface area contributed by atoms with E-state index in [1.54, 1.807) is 18.3 Å². The first-order valence-corrected chi connectivity index (χ1v) is 9.66. The molecule has 7 nitrogen and oxygen atoms in total. The molecule has 0 aliphatic heterocycles. The van der Waals surface area contributed by atoms with Gasteiger partial charge in [0.25, 0.3) is 0 Å². The number of rotatable bonds is 6. The second-order valence-corrected chi connectivity index (χ2v) is 7.12. The number of aromatic carboxylic acids is 1. The Kier molecular flexibility index (Phi) is 5.60. The molecule has 0 fully saturated rings. The third-order valence-corrected chi connectivity index (χ3v) is 5.05. The SMILES string of the molecule is COC(=O)c1ccc(Cn2cc(C=Nc3cc(C(=O)O)ccc3Cl)c3ccccc32)o1. The van der Waals surface area contributed by atoms with Crippen LogP contribution in [-0.2, 0) is 11.3 Å². The topological polar surface area (TPSA) is 94.0 Å². The van der Waals surface area contributed by atoms with Crippen LogP contribution in [-0.4, -0.2) is 34.9 Å². The van der Waals surface area contributed by atoms with Gasteiger partial charge in [-0.15, -0.1) is 0 Å². The smallest absolute Gasteiger partial charge is 0.373 e. The number of ether oxygens (including phenoxy) is 1. The van der Waals surface area contributed by atoms with Crippen molar-refractivity contribution < 1.29 is 23.8 Å². The minimum Gasteiger partial charge on any atom is -0.478 e. The Bertz CT molecular complexity index is 1320. The fourth-order valence-electron chi connectivity index (χ4n) is 3.23. The minimum absolute atomic E-state index is 0.109. The molecule has 4 aromatic rings. The van der Waals surface area contributed by atoms with Crippen molar-refractivity contribution in [2.45, 2.75) is 6.54 Å². The maximum absolute atomic E-state index is 11.6. The van der Waals surface area contributed by atoms with E-state index < -0.39 is 11.9 Å². The van der Waals surface area contributed by atoms with Crippen LogP contribution in [0.25, 0.3) is 10.9 Å². The summed E-state index contributed by atoms with van der Waals surface area (Å²) in [4.78, 5) is 27.2. The Morgan fingerprint density at radius 1 is 1.19 bits per heavy atom. The Morgan fingerprint density at radius 2 is 2.00 bits per heavy atom. The normalized spacial score (nSPS) is 11.3. The number of methoxy groups -OCH3 is 1. The first kappa shape index (κ1) is 20.4. The van der Waals surface area contributed by atoms with E-state index in [4.69, 9.17) is 16.0 Å². The largest absolute Gasteiger partial charge is 0.478 e. The minimum atomic E-state index is -1.05. The van der Waals surface area contributed by atoms with Gasteiger partial charge in [0, 0.05) is 28.9 Å². The molecule has 2 aromatic carbocycles. The summed E-state index contributed by atoms with van der Waals surface area (Å²) in [5, 5.41) is 10.5. The Balaban J connectivity index is 1.68. The third-order valence-electron chi connectivity index (χ3n) is 4.73. The second-order valence-electron chi connectivity index (χ2n) is 6.72. The number of halogens is 1. The van der Waals surface area contributed by atoms with Gasteiger partial charge in [-0.25, -0.2) is 9.59 Å². The van der Waals surface area contributed by atoms with Crippen molar-refractivity contribution in [3.05, 3.63) is 88.5 Å². The van der Waals surface area contributed by atoms with E-state index >= 15 is 0 Å². The number of hydrogen-bond acceptors (Lipinski definition) is 5. The molecule has 156 valence electrons. The predicted molar refractivity (Wildman–Crippen MR) is 117 cm³/mol. The molecule has 0 radical (unpaired) electrons. The highest BCUT2D eigenvalue weighted by Crippen LogP contribution is 2.27. The molecule has 0 saturated heterocycles. The lowest BCUT2D eigenvalue weighted by molar-refractivity contribution is 0.0562. The van der Waals surface area contributed by atoms with Gasteiger partial charge >= 0.3 is 11.9 Å². The first-order chi connectivity index (χ1) is 15.0. The molecule has 0 spiro atoms. The molecule has 31 heavy (non-hydrogen) atoms. The quantitative estimate of drug-likeness (QED) is 0.332. The van der Waals surface area contributed by atoms with Crippen LogP contribution in [0.2, 0.25) is 5.02 Å². The van der Waals surface area contributed by atoms with Crippen molar-refractivity contribution in [2.75, 3.05) is 7.11 Å². The predicted octanol–water partition coefficient (Wildman–Crippen LogP) is 5.17. The number of nitrogens with zero attached hydrogens (tertiary/aromatic N) is 2. The van der Waals surface area contributed by atoms with Gasteiger partial charge in [-0.05, 0) is 36.4 Å². The highest BCUT2D eigenvalue weighted by molar-refractivity contribution is 6.33. The zero-order valence-electron chi connectivity index (χ0n) is 16.4. The van der Waals surface area contributed by atoms with Gasteiger partial charge in [-0.3, -0.25) is 4.99 Å². The maximum Gasteiger partial charge on any atom is 0.373 e. The van der Waals surface area contributed by atoms with Crippen LogP contribution in [0.5, 0.6) is 0 Å². The average Bonchev–Trinajstić information content (AvgIpc) is 3.38. The van der Waals surface area contributed by atoms with E-state index in [-0.39, 0.29) is 11.3 Å². The highest BCUT2D eigenvalue weighted by atomic mass is 35.5. The molecular formula is C23H17ClN2O5. The van der Waals surface area contributed by atoms with Gasteiger partial charge in [-0.1, -0.05) is 29.8 Å². The van der Waals surface area contributed by atoms with Crippen molar-refractivity contribution in [3.8, 4) is 0 Å². The van der Waals surface area contributed by atoms with Gasteiger partial charge in [0.2, 0.25) is 5.76 Å². The number of carbonyl (C=O) groups excluding carboxylic acids is 1. The molecule has 4 rings (SSSR count). The van der Waals surface area contributed by atoms with E-state index in [0.717, 1.165) is 16.5 Å². The number of aliphatic imine (C=N–C) groups is 1. The number of carboxylic acids is 1. The van der Waals surface area contributed by atoms with Crippen LogP contribution in [0, 0.1) is 0 Å². The van der Waals surface area contributed by atoms with E-state index in [1.165, 1.54) is 25.3 Å². The highest BCUT2D eigenvalue weighted by Gasteiger charge is 2.13. The molecule has 0 aliphatic rings. The van der Waals surface area contributed by atoms with Crippen molar-refractivity contribution in [1.29, 1.82) is 0 Å². The number of hydrogen-bond donors (Lipinski definition) is 1. The lowest BCUT2D eigenvalue weighted by Gasteiger charge is -2.02. The van der Waals surface area contributed by atoms with E-state index in [9.17, 15) is 14.7 Å². The van der Waals surface area contributed by atoms with Crippen LogP contribution in [0.15, 0.2) is 70.2 Å². The molecule has 0 amide bonds. The molecule has 0 atom stereocenters. The number of esters is 1. The number of carboxylic acid groups (broad SMARTS) is 1. The molecule has 2 aromatic heterocycles. The number of para-hydroxylation sites is 1. The van der Waals surface area contributed by atoms with Crippen molar-refractivity contribution in [2.24, 2.45) is 4.99 Å². The lowest BCUT2D eigenvalue weighted by atomic mass is 10.2. The summed E-state index contributed by atoms with van der Waals surface area (Å²) in [5.41, 5.74) is 2.25. The van der Waals surface area contributed by atoms with Crippen LogP contribution >= 0.6 is 11.6 Å². The number of furan rings is 1. The number of fused-ring (bicyclic) bond motifs is 1. The van der Waals surface area contributed by atoms with Crippen LogP contribution < -0.4 is 0 Å². The monoisotopic (exact) mass is 436 g/mol. The fraction of sp³-hybridized carbons (Fsp3) is 0.0870. The number of aromatic nitrogens is 1. The zero-order valence-corrected chi connectivity index (χ0v) is 17.2. The van der Waals surface area contributed by atoms with Gasteiger partial charge in [0.05, 0.1) is 29.9 Å². The molecule has 0 saturated carbocycles. The molecule has 1 N–H and O–H groups in total. The molecule has 0 unspecified atom stereocenters. The Hall–Kier alpha value is -3.84. The molecule has 2 heterocycles. The summed E-state index contributed by atoms with van der Waals surface area (Å²) in [5.74, 6) is -0.836. The zero-order chi connectivity index (χ0) is 22.0. The van der Waals surface area contributed by atoms with Gasteiger partial charge in [-0.2, -0.15) is 0 Å². The van der Waals surface area contributed by atoms with E-state index in [0.29, 0.717) is 23.0 Å².